The van der Waals surface area contributed by atoms with Crippen molar-refractivity contribution in [2.75, 3.05) is 6.54 Å². The van der Waals surface area contributed by atoms with E-state index in [1.165, 1.54) is 0 Å². The molecule has 1 heterocycles. The van der Waals surface area contributed by atoms with E-state index in [1.54, 1.807) is 30.3 Å². The Morgan fingerprint density at radius 2 is 1.77 bits per heavy atom. The Morgan fingerprint density at radius 1 is 1.09 bits per heavy atom. The summed E-state index contributed by atoms with van der Waals surface area (Å²) >= 11 is 0. The fourth-order valence-corrected chi connectivity index (χ4v) is 2.70. The van der Waals surface area contributed by atoms with E-state index in [9.17, 15) is 22.8 Å². The number of hydrogen-bond acceptors (Lipinski definition) is 2. The Hall–Kier alpha value is -1.85. The van der Waals surface area contributed by atoms with Crippen molar-refractivity contribution in [1.82, 2.24) is 4.90 Å². The highest BCUT2D eigenvalue weighted by molar-refractivity contribution is 5.97. The summed E-state index contributed by atoms with van der Waals surface area (Å²) in [5.41, 5.74) is 0.473. The number of ketones is 1. The highest BCUT2D eigenvalue weighted by atomic mass is 19.4. The second-order valence-corrected chi connectivity index (χ2v) is 5.43. The van der Waals surface area contributed by atoms with E-state index in [1.807, 2.05) is 0 Å². The third kappa shape index (κ3) is 4.08. The zero-order valence-electron chi connectivity index (χ0n) is 12.1. The largest absolute Gasteiger partial charge is 0.408 e. The molecule has 1 aliphatic rings. The van der Waals surface area contributed by atoms with Crippen LogP contribution in [0.3, 0.4) is 0 Å². The van der Waals surface area contributed by atoms with Crippen molar-refractivity contribution in [2.45, 2.75) is 44.3 Å². The molecule has 1 amide bonds. The molecule has 1 saturated heterocycles. The van der Waals surface area contributed by atoms with Gasteiger partial charge in [0.25, 0.3) is 0 Å². The van der Waals surface area contributed by atoms with E-state index in [-0.39, 0.29) is 31.6 Å². The van der Waals surface area contributed by atoms with Gasteiger partial charge in [0.1, 0.15) is 6.04 Å². The van der Waals surface area contributed by atoms with Crippen LogP contribution in [0.2, 0.25) is 0 Å². The van der Waals surface area contributed by atoms with Gasteiger partial charge in [0.2, 0.25) is 5.91 Å². The van der Waals surface area contributed by atoms with Crippen LogP contribution in [0.15, 0.2) is 30.3 Å². The summed E-state index contributed by atoms with van der Waals surface area (Å²) in [5.74, 6) is -0.819. The number of hydrogen-bond donors (Lipinski definition) is 0. The van der Waals surface area contributed by atoms with Crippen LogP contribution in [-0.4, -0.2) is 35.4 Å². The molecule has 0 aromatic heterocycles. The highest BCUT2D eigenvalue weighted by Crippen LogP contribution is 2.32. The Bertz CT molecular complexity index is 528. The van der Waals surface area contributed by atoms with Crippen LogP contribution in [0.5, 0.6) is 0 Å². The summed E-state index contributed by atoms with van der Waals surface area (Å²) in [7, 11) is 0. The number of alkyl halides is 3. The van der Waals surface area contributed by atoms with Crippen LogP contribution in [-0.2, 0) is 4.79 Å². The Balaban J connectivity index is 1.95. The van der Waals surface area contributed by atoms with E-state index in [0.29, 0.717) is 18.4 Å². The number of carbonyl (C=O) groups is 2. The molecule has 1 aromatic carbocycles. The van der Waals surface area contributed by atoms with Gasteiger partial charge >= 0.3 is 6.18 Å². The molecule has 0 saturated carbocycles. The molecule has 1 fully saturated rings. The van der Waals surface area contributed by atoms with Crippen LogP contribution in [0.25, 0.3) is 0 Å². The summed E-state index contributed by atoms with van der Waals surface area (Å²) in [6, 6.07) is 6.74. The van der Waals surface area contributed by atoms with Gasteiger partial charge in [-0.05, 0) is 19.3 Å². The topological polar surface area (TPSA) is 37.4 Å². The van der Waals surface area contributed by atoms with Crippen LogP contribution in [0.1, 0.15) is 42.5 Å². The van der Waals surface area contributed by atoms with E-state index >= 15 is 0 Å². The SMILES string of the molecule is O=C(CCC(=O)N1CCCCC1C(F)(F)F)c1ccccc1. The average Bonchev–Trinajstić information content (AvgIpc) is 2.52. The molecule has 1 aromatic rings. The number of rotatable bonds is 4. The maximum atomic E-state index is 13.0. The molecule has 3 nitrogen and oxygen atoms in total. The van der Waals surface area contributed by atoms with Crippen molar-refractivity contribution in [3.05, 3.63) is 35.9 Å². The van der Waals surface area contributed by atoms with Crippen molar-refractivity contribution in [3.8, 4) is 0 Å². The van der Waals surface area contributed by atoms with Gasteiger partial charge in [0, 0.05) is 24.9 Å². The van der Waals surface area contributed by atoms with E-state index in [0.717, 1.165) is 4.90 Å². The van der Waals surface area contributed by atoms with E-state index in [2.05, 4.69) is 0 Å². The van der Waals surface area contributed by atoms with Gasteiger partial charge < -0.3 is 4.90 Å². The molecule has 1 atom stereocenters. The third-order valence-corrected chi connectivity index (χ3v) is 3.86. The maximum absolute atomic E-state index is 13.0. The molecule has 0 radical (unpaired) electrons. The fourth-order valence-electron chi connectivity index (χ4n) is 2.70. The predicted octanol–water partition coefficient (Wildman–Crippen LogP) is 3.59. The number of amides is 1. The van der Waals surface area contributed by atoms with Crippen molar-refractivity contribution >= 4 is 11.7 Å². The smallest absolute Gasteiger partial charge is 0.331 e. The first kappa shape index (κ1) is 16.5. The second-order valence-electron chi connectivity index (χ2n) is 5.43. The maximum Gasteiger partial charge on any atom is 0.408 e. The minimum Gasteiger partial charge on any atom is -0.331 e. The van der Waals surface area contributed by atoms with Crippen molar-refractivity contribution in [3.63, 3.8) is 0 Å². The highest BCUT2D eigenvalue weighted by Gasteiger charge is 2.45. The van der Waals surface area contributed by atoms with Crippen LogP contribution in [0.4, 0.5) is 13.2 Å². The molecule has 1 aliphatic heterocycles. The van der Waals surface area contributed by atoms with E-state index < -0.39 is 18.1 Å². The van der Waals surface area contributed by atoms with Crippen LogP contribution >= 0.6 is 0 Å². The lowest BCUT2D eigenvalue weighted by molar-refractivity contribution is -0.195. The van der Waals surface area contributed by atoms with Gasteiger partial charge in [-0.25, -0.2) is 0 Å². The molecule has 1 unspecified atom stereocenters. The molecule has 22 heavy (non-hydrogen) atoms. The lowest BCUT2D eigenvalue weighted by atomic mass is 10.00. The standard InChI is InChI=1S/C16H18F3NO2/c17-16(18,19)14-8-4-5-11-20(14)15(22)10-9-13(21)12-6-2-1-3-7-12/h1-3,6-7,14H,4-5,8-11H2. The quantitative estimate of drug-likeness (QED) is 0.797. The van der Waals surface area contributed by atoms with Gasteiger partial charge in [0.05, 0.1) is 0 Å². The Morgan fingerprint density at radius 3 is 2.41 bits per heavy atom. The molecule has 2 rings (SSSR count). The average molecular weight is 313 g/mol. The normalized spacial score (nSPS) is 19.0. The van der Waals surface area contributed by atoms with Gasteiger partial charge in [-0.15, -0.1) is 0 Å². The summed E-state index contributed by atoms with van der Waals surface area (Å²) in [6.07, 6.45) is -3.66. The lowest BCUT2D eigenvalue weighted by Crippen LogP contribution is -2.51. The van der Waals surface area contributed by atoms with Gasteiger partial charge in [-0.1, -0.05) is 30.3 Å². The third-order valence-electron chi connectivity index (χ3n) is 3.86. The van der Waals surface area contributed by atoms with Crippen molar-refractivity contribution in [2.24, 2.45) is 0 Å². The summed E-state index contributed by atoms with van der Waals surface area (Å²) in [4.78, 5) is 24.9. The minimum absolute atomic E-state index is 0.0537. The summed E-state index contributed by atoms with van der Waals surface area (Å²) in [6.45, 7) is 0.114. The number of Topliss-reactive ketones (excluding diaryl/α,β-unsaturated/α-hetero) is 1. The number of carbonyl (C=O) groups excluding carboxylic acids is 2. The van der Waals surface area contributed by atoms with Crippen molar-refractivity contribution < 1.29 is 22.8 Å². The Labute approximate surface area is 127 Å². The molecule has 0 N–H and O–H groups in total. The first-order chi connectivity index (χ1) is 10.4. The molecule has 6 heteroatoms. The molecule has 120 valence electrons. The number of likely N-dealkylation sites (tertiary alicyclic amines) is 1. The van der Waals surface area contributed by atoms with E-state index in [4.69, 9.17) is 0 Å². The first-order valence-electron chi connectivity index (χ1n) is 7.34. The zero-order valence-corrected chi connectivity index (χ0v) is 12.1. The second kappa shape index (κ2) is 6.94. The molecule has 0 aliphatic carbocycles. The first-order valence-corrected chi connectivity index (χ1v) is 7.34. The van der Waals surface area contributed by atoms with Gasteiger partial charge in [-0.3, -0.25) is 9.59 Å². The molecule has 0 spiro atoms. The zero-order chi connectivity index (χ0) is 16.2. The lowest BCUT2D eigenvalue weighted by Gasteiger charge is -2.36. The van der Waals surface area contributed by atoms with Gasteiger partial charge in [-0.2, -0.15) is 13.2 Å². The molecular formula is C16H18F3NO2. The monoisotopic (exact) mass is 313 g/mol. The Kier molecular flexibility index (Phi) is 5.21. The van der Waals surface area contributed by atoms with Gasteiger partial charge in [0.15, 0.2) is 5.78 Å². The van der Waals surface area contributed by atoms with Crippen LogP contribution in [0, 0.1) is 0 Å². The number of nitrogens with zero attached hydrogens (tertiary/aromatic N) is 1. The fraction of sp³-hybridized carbons (Fsp3) is 0.500. The summed E-state index contributed by atoms with van der Waals surface area (Å²) < 4.78 is 38.9. The minimum atomic E-state index is -4.40. The van der Waals surface area contributed by atoms with Crippen molar-refractivity contribution in [1.29, 1.82) is 0 Å². The number of piperidine rings is 1. The molecular weight excluding hydrogens is 295 g/mol. The predicted molar refractivity (Wildman–Crippen MR) is 75.4 cm³/mol. The summed E-state index contributed by atoms with van der Waals surface area (Å²) in [5, 5.41) is 0. The molecule has 0 bridgehead atoms. The number of benzene rings is 1. The van der Waals surface area contributed by atoms with Crippen LogP contribution < -0.4 is 0 Å². The number of halogens is 3.